The zero-order valence-electron chi connectivity index (χ0n) is 4.99. The van der Waals surface area contributed by atoms with Gasteiger partial charge in [0.05, 0.1) is 0 Å². The molecule has 0 rings (SSSR count). The first kappa shape index (κ1) is 35.1. The minimum absolute atomic E-state index is 1.75. The standard InChI is InChI=1S/4CO.CH3.Fe/c4*1-2;;/h;;;;1H3;. The molecule has 0 atom stereocenters. The van der Waals surface area contributed by atoms with Gasteiger partial charge in [-0.1, -0.05) is 0 Å². The molecule has 0 unspecified atom stereocenters. The number of rotatable bonds is 0. The molecule has 0 aromatic heterocycles. The van der Waals surface area contributed by atoms with E-state index in [1.807, 2.05) is 0 Å². The van der Waals surface area contributed by atoms with E-state index in [2.05, 4.69) is 43.2 Å². The van der Waals surface area contributed by atoms with Crippen LogP contribution in [0.4, 0.5) is 0 Å². The zero-order valence-corrected chi connectivity index (χ0v) is 6.09. The normalized spacial score (nSPS) is 2.20. The molecule has 0 heterocycles. The van der Waals surface area contributed by atoms with Gasteiger partial charge in [0.25, 0.3) is 27.2 Å². The van der Waals surface area contributed by atoms with Gasteiger partial charge in [0.1, 0.15) is 0 Å². The van der Waals surface area contributed by atoms with E-state index in [1.165, 1.54) is 0 Å². The SMILES string of the molecule is [CH3][Fe].[C]=O.[C]=O.[C]=O.[C]=O. The minimum atomic E-state index is 1.75. The van der Waals surface area contributed by atoms with Crippen molar-refractivity contribution in [2.24, 2.45) is 0 Å². The molecule has 0 N–H and O–H groups in total. The molecule has 4 nitrogen and oxygen atoms in total. The topological polar surface area (TPSA) is 68.3 Å². The third-order valence-electron chi connectivity index (χ3n) is 0. The molecule has 0 aromatic rings. The van der Waals surface area contributed by atoms with Gasteiger partial charge in [-0.3, -0.25) is 19.2 Å². The maximum absolute atomic E-state index is 7.50. The van der Waals surface area contributed by atoms with E-state index in [0.29, 0.717) is 0 Å². The summed E-state index contributed by atoms with van der Waals surface area (Å²) in [4.78, 5) is 30.0. The fourth-order valence-corrected chi connectivity index (χ4v) is 0. The van der Waals surface area contributed by atoms with Gasteiger partial charge in [-0.25, -0.2) is 0 Å². The van der Waals surface area contributed by atoms with Gasteiger partial charge < -0.3 is 0 Å². The summed E-state index contributed by atoms with van der Waals surface area (Å²) in [5, 5.41) is 0. The third kappa shape index (κ3) is 432. The molecule has 0 spiro atoms. The second kappa shape index (κ2) is 663. The molecule has 0 saturated heterocycles. The van der Waals surface area contributed by atoms with Crippen LogP contribution < -0.4 is 0 Å². The molecule has 8 radical (unpaired) electrons. The van der Waals surface area contributed by atoms with Crippen molar-refractivity contribution in [3.8, 4) is 0 Å². The summed E-state index contributed by atoms with van der Waals surface area (Å²) < 4.78 is 0. The molecule has 0 aliphatic rings. The monoisotopic (exact) mass is 183 g/mol. The van der Waals surface area contributed by atoms with Gasteiger partial charge in [-0.15, -0.1) is 0 Å². The van der Waals surface area contributed by atoms with Crippen molar-refractivity contribution in [3.05, 3.63) is 0 Å². The Morgan fingerprint density at radius 2 is 0.600 bits per heavy atom. The van der Waals surface area contributed by atoms with Crippen molar-refractivity contribution >= 4 is 27.2 Å². The first-order chi connectivity index (χ1) is 5.00. The van der Waals surface area contributed by atoms with Gasteiger partial charge in [0.2, 0.25) is 0 Å². The van der Waals surface area contributed by atoms with Crippen LogP contribution in [0.3, 0.4) is 0 Å². The first-order valence-electron chi connectivity index (χ1n) is 1.17. The molecular formula is C5H3FeO4. The quantitative estimate of drug-likeness (QED) is 0.451. The second-order valence-corrected chi connectivity index (χ2v) is 0. The van der Waals surface area contributed by atoms with Crippen LogP contribution in [0.2, 0.25) is 5.82 Å². The van der Waals surface area contributed by atoms with Gasteiger partial charge in [-0.2, -0.15) is 0 Å². The summed E-state index contributed by atoms with van der Waals surface area (Å²) in [5.74, 6) is 1.75. The molecule has 0 bridgehead atoms. The molecule has 0 aliphatic carbocycles. The average Bonchev–Trinajstić information content (AvgIpc) is 2.20. The van der Waals surface area contributed by atoms with E-state index in [4.69, 9.17) is 19.2 Å². The van der Waals surface area contributed by atoms with Crippen LogP contribution in [0.1, 0.15) is 0 Å². The first-order valence-corrected chi connectivity index (χ1v) is 2.27. The van der Waals surface area contributed by atoms with E-state index in [9.17, 15) is 0 Å². The molecule has 0 fully saturated rings. The average molecular weight is 183 g/mol. The maximum atomic E-state index is 7.50. The Hall–Kier alpha value is -0.801. The fraction of sp³-hybridized carbons (Fsp3) is 0.200. The molecule has 10 heavy (non-hydrogen) atoms. The second-order valence-electron chi connectivity index (χ2n) is 0. The Balaban J connectivity index is -0.0000000104. The number of hydrogen-bond acceptors (Lipinski definition) is 4. The van der Waals surface area contributed by atoms with E-state index < -0.39 is 0 Å². The largest absolute Gasteiger partial charge is 0.281 e. The van der Waals surface area contributed by atoms with Crippen LogP contribution in [0.15, 0.2) is 0 Å². The van der Waals surface area contributed by atoms with Crippen molar-refractivity contribution in [1.82, 2.24) is 0 Å². The van der Waals surface area contributed by atoms with E-state index >= 15 is 0 Å². The molecule has 5 heteroatoms. The molecular weight excluding hydrogens is 180 g/mol. The van der Waals surface area contributed by atoms with E-state index in [0.717, 1.165) is 0 Å². The van der Waals surface area contributed by atoms with Gasteiger partial charge in [0, 0.05) is 0 Å². The fourth-order valence-electron chi connectivity index (χ4n) is 0. The van der Waals surface area contributed by atoms with Crippen molar-refractivity contribution < 1.29 is 35.2 Å². The van der Waals surface area contributed by atoms with Crippen molar-refractivity contribution in [3.63, 3.8) is 0 Å². The van der Waals surface area contributed by atoms with Gasteiger partial charge in [0.15, 0.2) is 0 Å². The Morgan fingerprint density at radius 1 is 0.600 bits per heavy atom. The number of carbonyl (C=O) groups excluding carboxylic acids is 4. The summed E-state index contributed by atoms with van der Waals surface area (Å²) in [5.41, 5.74) is 0. The maximum Gasteiger partial charge on any atom is 0.281 e. The molecule has 0 saturated carbocycles. The summed E-state index contributed by atoms with van der Waals surface area (Å²) >= 11 is 3.25. The van der Waals surface area contributed by atoms with Crippen molar-refractivity contribution in [1.29, 1.82) is 0 Å². The van der Waals surface area contributed by atoms with Gasteiger partial charge in [-0.05, 0) is 0 Å². The van der Waals surface area contributed by atoms with Crippen LogP contribution in [-0.4, -0.2) is 27.2 Å². The zero-order chi connectivity index (χ0) is 10.0. The number of hydrogen-bond donors (Lipinski definition) is 0. The Morgan fingerprint density at radius 3 is 0.600 bits per heavy atom. The molecule has 0 amide bonds. The van der Waals surface area contributed by atoms with Crippen LogP contribution >= 0.6 is 0 Å². The van der Waals surface area contributed by atoms with E-state index in [1.54, 1.807) is 5.82 Å². The van der Waals surface area contributed by atoms with Gasteiger partial charge >= 0.3 is 21.8 Å². The van der Waals surface area contributed by atoms with Crippen LogP contribution in [0.5, 0.6) is 0 Å². The summed E-state index contributed by atoms with van der Waals surface area (Å²) in [6.45, 7) is 18.0. The molecule has 0 aliphatic heterocycles. The Bertz CT molecular complexity index is 21.6. The third-order valence-corrected chi connectivity index (χ3v) is 0. The van der Waals surface area contributed by atoms with Crippen molar-refractivity contribution in [2.75, 3.05) is 0 Å². The Labute approximate surface area is 68.8 Å². The smallest absolute Gasteiger partial charge is 0.281 e. The minimum Gasteiger partial charge on any atom is -0.281 e. The van der Waals surface area contributed by atoms with Crippen LogP contribution in [0, 0.1) is 0 Å². The summed E-state index contributed by atoms with van der Waals surface area (Å²) in [6.07, 6.45) is 0. The van der Waals surface area contributed by atoms with Crippen LogP contribution in [0.25, 0.3) is 0 Å². The van der Waals surface area contributed by atoms with E-state index in [-0.39, 0.29) is 0 Å². The summed E-state index contributed by atoms with van der Waals surface area (Å²) in [6, 6.07) is 0. The molecule has 0 aromatic carbocycles. The summed E-state index contributed by atoms with van der Waals surface area (Å²) in [7, 11) is 0. The predicted molar refractivity (Wildman–Crippen MR) is 28.6 cm³/mol. The predicted octanol–water partition coefficient (Wildman–Crippen LogP) is -1.01. The van der Waals surface area contributed by atoms with Crippen LogP contribution in [-0.2, 0) is 35.2 Å². The Kier molecular flexibility index (Phi) is 2330. The molecule has 55 valence electrons. The van der Waals surface area contributed by atoms with Crippen molar-refractivity contribution in [2.45, 2.75) is 5.82 Å².